The van der Waals surface area contributed by atoms with Gasteiger partial charge in [-0.25, -0.2) is 4.79 Å². The van der Waals surface area contributed by atoms with E-state index in [1.165, 1.54) is 11.8 Å². The summed E-state index contributed by atoms with van der Waals surface area (Å²) in [4.78, 5) is 47.4. The van der Waals surface area contributed by atoms with Gasteiger partial charge in [0.25, 0.3) is 11.1 Å². The summed E-state index contributed by atoms with van der Waals surface area (Å²) in [5.41, 5.74) is 1.38. The fourth-order valence-corrected chi connectivity index (χ4v) is 3.10. The van der Waals surface area contributed by atoms with Crippen LogP contribution in [0.4, 0.5) is 15.3 Å². The molecule has 8 nitrogen and oxygen atoms in total. The Morgan fingerprint density at radius 1 is 1.36 bits per heavy atom. The number of imide groups is 1. The molecule has 1 aromatic rings. The second-order valence-corrected chi connectivity index (χ2v) is 6.51. The molecule has 0 aliphatic carbocycles. The highest BCUT2D eigenvalue weighted by Gasteiger charge is 2.32. The Morgan fingerprint density at radius 3 is 2.68 bits per heavy atom. The Labute approximate surface area is 147 Å². The highest BCUT2D eigenvalue weighted by atomic mass is 32.2. The molecule has 4 amide bonds. The molecule has 0 radical (unpaired) electrons. The zero-order chi connectivity index (χ0) is 18.0. The summed E-state index contributed by atoms with van der Waals surface area (Å²) in [6.07, 6.45) is 0.733. The van der Waals surface area contributed by atoms with E-state index >= 15 is 0 Å². The molecule has 130 valence electrons. The minimum atomic E-state index is -0.474. The summed E-state index contributed by atoms with van der Waals surface area (Å²) in [5.74, 6) is -0.595. The number of nitrogens with one attached hydrogen (secondary N) is 2. The van der Waals surface area contributed by atoms with Crippen LogP contribution in [0.5, 0.6) is 0 Å². The lowest BCUT2D eigenvalue weighted by atomic mass is 10.1. The van der Waals surface area contributed by atoms with Crippen molar-refractivity contribution in [2.24, 2.45) is 0 Å². The molecule has 9 heteroatoms. The van der Waals surface area contributed by atoms with E-state index in [4.69, 9.17) is 4.74 Å². The van der Waals surface area contributed by atoms with Gasteiger partial charge in [-0.3, -0.25) is 24.6 Å². The number of hydrogen-bond donors (Lipinski definition) is 2. The number of cyclic esters (lactones) is 1. The van der Waals surface area contributed by atoms with Crippen molar-refractivity contribution < 1.29 is 23.9 Å². The average Bonchev–Trinajstić information content (AvgIpc) is 3.08. The van der Waals surface area contributed by atoms with Crippen molar-refractivity contribution >= 4 is 46.7 Å². The number of hydrogen-bond acceptors (Lipinski definition) is 6. The summed E-state index contributed by atoms with van der Waals surface area (Å²) in [6.45, 7) is 2.01. The maximum Gasteiger partial charge on any atom is 0.414 e. The zero-order valence-electron chi connectivity index (χ0n) is 13.3. The third-order valence-electron chi connectivity index (χ3n) is 3.60. The van der Waals surface area contributed by atoms with Gasteiger partial charge in [0.2, 0.25) is 5.91 Å². The molecule has 2 heterocycles. The normalized spacial score (nSPS) is 21.5. The maximum absolute atomic E-state index is 12.0. The lowest BCUT2D eigenvalue weighted by Crippen LogP contribution is -2.33. The van der Waals surface area contributed by atoms with E-state index in [0.29, 0.717) is 17.1 Å². The van der Waals surface area contributed by atoms with Crippen LogP contribution in [-0.4, -0.2) is 42.3 Å². The number of carbonyl (C=O) groups excluding carboxylic acids is 4. The van der Waals surface area contributed by atoms with Gasteiger partial charge in [-0.15, -0.1) is 0 Å². The molecule has 2 fully saturated rings. The molecule has 0 unspecified atom stereocenters. The molecule has 0 spiro atoms. The minimum Gasteiger partial charge on any atom is -0.442 e. The number of thioether (sulfide) groups is 1. The van der Waals surface area contributed by atoms with E-state index in [2.05, 4.69) is 10.6 Å². The molecule has 0 bridgehead atoms. The van der Waals surface area contributed by atoms with Crippen molar-refractivity contribution in [1.29, 1.82) is 0 Å². The Morgan fingerprint density at radius 2 is 2.08 bits per heavy atom. The van der Waals surface area contributed by atoms with Gasteiger partial charge < -0.3 is 10.1 Å². The predicted molar refractivity (Wildman–Crippen MR) is 91.8 cm³/mol. The van der Waals surface area contributed by atoms with Crippen molar-refractivity contribution in [1.82, 2.24) is 10.6 Å². The maximum atomic E-state index is 12.0. The number of anilines is 1. The second kappa shape index (κ2) is 6.98. The predicted octanol–water partition coefficient (Wildman–Crippen LogP) is 1.47. The smallest absolute Gasteiger partial charge is 0.414 e. The van der Waals surface area contributed by atoms with Gasteiger partial charge in [0.15, 0.2) is 0 Å². The number of nitrogens with zero attached hydrogens (tertiary/aromatic N) is 1. The zero-order valence-corrected chi connectivity index (χ0v) is 14.1. The SMILES string of the molecule is CC(=O)NC[C@H]1CN(c2ccc(C=C3SC(=O)NC3=O)cc2)C(=O)O1. The molecular formula is C16H15N3O5S. The van der Waals surface area contributed by atoms with Gasteiger partial charge in [-0.05, 0) is 35.5 Å². The summed E-state index contributed by atoms with van der Waals surface area (Å²) in [6, 6.07) is 6.95. The fraction of sp³-hybridized carbons (Fsp3) is 0.250. The van der Waals surface area contributed by atoms with Crippen LogP contribution in [0.2, 0.25) is 0 Å². The van der Waals surface area contributed by atoms with E-state index in [-0.39, 0.29) is 12.5 Å². The molecule has 2 saturated heterocycles. The number of ether oxygens (including phenoxy) is 1. The topological polar surface area (TPSA) is 105 Å². The summed E-state index contributed by atoms with van der Waals surface area (Å²) >= 11 is 0.849. The van der Waals surface area contributed by atoms with E-state index in [1.54, 1.807) is 30.3 Å². The van der Waals surface area contributed by atoms with Crippen molar-refractivity contribution in [3.63, 3.8) is 0 Å². The Balaban J connectivity index is 1.67. The van der Waals surface area contributed by atoms with Gasteiger partial charge in [0.1, 0.15) is 6.10 Å². The number of carbonyl (C=O) groups is 4. The number of rotatable bonds is 4. The minimum absolute atomic E-state index is 0.181. The van der Waals surface area contributed by atoms with Gasteiger partial charge in [0.05, 0.1) is 18.0 Å². The molecule has 0 saturated carbocycles. The summed E-state index contributed by atoms with van der Waals surface area (Å²) in [5, 5.41) is 4.42. The van der Waals surface area contributed by atoms with Crippen molar-refractivity contribution in [3.8, 4) is 0 Å². The van der Waals surface area contributed by atoms with Crippen molar-refractivity contribution in [2.75, 3.05) is 18.0 Å². The largest absolute Gasteiger partial charge is 0.442 e. The highest BCUT2D eigenvalue weighted by Crippen LogP contribution is 2.27. The molecule has 3 rings (SSSR count). The quantitative estimate of drug-likeness (QED) is 0.787. The molecule has 25 heavy (non-hydrogen) atoms. The number of amides is 4. The first-order valence-corrected chi connectivity index (χ1v) is 8.31. The lowest BCUT2D eigenvalue weighted by Gasteiger charge is -2.13. The van der Waals surface area contributed by atoms with Crippen molar-refractivity contribution in [2.45, 2.75) is 13.0 Å². The molecule has 2 N–H and O–H groups in total. The van der Waals surface area contributed by atoms with E-state index in [0.717, 1.165) is 17.3 Å². The monoisotopic (exact) mass is 361 g/mol. The fourth-order valence-electron chi connectivity index (χ4n) is 2.42. The van der Waals surface area contributed by atoms with Crippen LogP contribution >= 0.6 is 11.8 Å². The van der Waals surface area contributed by atoms with E-state index in [1.807, 2.05) is 0 Å². The van der Waals surface area contributed by atoms with Crippen LogP contribution in [-0.2, 0) is 14.3 Å². The summed E-state index contributed by atoms with van der Waals surface area (Å²) in [7, 11) is 0. The van der Waals surface area contributed by atoms with Crippen LogP contribution < -0.4 is 15.5 Å². The van der Waals surface area contributed by atoms with Crippen LogP contribution in [0.15, 0.2) is 29.2 Å². The third-order valence-corrected chi connectivity index (χ3v) is 4.41. The van der Waals surface area contributed by atoms with Crippen LogP contribution in [0.25, 0.3) is 6.08 Å². The van der Waals surface area contributed by atoms with Gasteiger partial charge in [-0.1, -0.05) is 12.1 Å². The molecule has 0 aromatic heterocycles. The van der Waals surface area contributed by atoms with Gasteiger partial charge in [0, 0.05) is 12.6 Å². The Hall–Kier alpha value is -2.81. The van der Waals surface area contributed by atoms with Crippen LogP contribution in [0.3, 0.4) is 0 Å². The van der Waals surface area contributed by atoms with Gasteiger partial charge in [-0.2, -0.15) is 0 Å². The van der Waals surface area contributed by atoms with Gasteiger partial charge >= 0.3 is 6.09 Å². The first-order chi connectivity index (χ1) is 11.9. The molecular weight excluding hydrogens is 346 g/mol. The van der Waals surface area contributed by atoms with E-state index in [9.17, 15) is 19.2 Å². The van der Waals surface area contributed by atoms with Crippen LogP contribution in [0.1, 0.15) is 12.5 Å². The molecule has 2 aliphatic heterocycles. The summed E-state index contributed by atoms with van der Waals surface area (Å²) < 4.78 is 5.21. The lowest BCUT2D eigenvalue weighted by molar-refractivity contribution is -0.119. The molecule has 1 atom stereocenters. The standard InChI is InChI=1S/C16H15N3O5S/c1-9(20)17-7-12-8-19(16(23)24-12)11-4-2-10(3-5-11)6-13-14(21)18-15(22)25-13/h2-6,12H,7-8H2,1H3,(H,17,20)(H,18,21,22)/t12-/m0/s1. The average molecular weight is 361 g/mol. The first kappa shape index (κ1) is 17.0. The Kier molecular flexibility index (Phi) is 4.75. The second-order valence-electron chi connectivity index (χ2n) is 5.50. The number of benzene rings is 1. The van der Waals surface area contributed by atoms with Crippen molar-refractivity contribution in [3.05, 3.63) is 34.7 Å². The highest BCUT2D eigenvalue weighted by molar-refractivity contribution is 8.18. The third kappa shape index (κ3) is 4.00. The van der Waals surface area contributed by atoms with E-state index < -0.39 is 23.3 Å². The molecule has 1 aromatic carbocycles. The first-order valence-electron chi connectivity index (χ1n) is 7.50. The van der Waals surface area contributed by atoms with Crippen LogP contribution in [0, 0.1) is 0 Å². The Bertz CT molecular complexity index is 774. The molecule has 2 aliphatic rings.